The molecule has 34 heavy (non-hydrogen) atoms. The van der Waals surface area contributed by atoms with Crippen LogP contribution < -0.4 is 4.90 Å². The number of halogens is 2. The van der Waals surface area contributed by atoms with Gasteiger partial charge in [-0.25, -0.2) is 4.90 Å². The molecule has 0 radical (unpaired) electrons. The van der Waals surface area contributed by atoms with Crippen LogP contribution >= 0.6 is 23.2 Å². The molecule has 1 spiro atoms. The number of carbonyl (C=O) groups is 4. The van der Waals surface area contributed by atoms with Gasteiger partial charge in [0.05, 0.1) is 28.6 Å². The fraction of sp³-hybridized carbons (Fsp3) is 0.154. The van der Waals surface area contributed by atoms with E-state index in [2.05, 4.69) is 0 Å². The van der Waals surface area contributed by atoms with E-state index in [1.54, 1.807) is 42.5 Å². The van der Waals surface area contributed by atoms with E-state index < -0.39 is 46.9 Å². The number of rotatable bonds is 2. The third-order valence-corrected chi connectivity index (χ3v) is 7.34. The van der Waals surface area contributed by atoms with Gasteiger partial charge in [-0.3, -0.25) is 19.2 Å². The average Bonchev–Trinajstić information content (AvgIpc) is 3.40. The first kappa shape index (κ1) is 21.2. The van der Waals surface area contributed by atoms with Crippen molar-refractivity contribution in [3.8, 4) is 0 Å². The second-order valence-electron chi connectivity index (χ2n) is 8.50. The topological polar surface area (TPSA) is 80.8 Å². The summed E-state index contributed by atoms with van der Waals surface area (Å²) in [6.45, 7) is 0. The first-order valence-electron chi connectivity index (χ1n) is 10.6. The smallest absolute Gasteiger partial charge is 0.241 e. The molecule has 8 heteroatoms. The third kappa shape index (κ3) is 2.61. The van der Waals surface area contributed by atoms with E-state index in [-0.39, 0.29) is 21.8 Å². The van der Waals surface area contributed by atoms with Crippen molar-refractivity contribution in [1.82, 2.24) is 0 Å². The molecule has 2 aliphatic heterocycles. The number of anilines is 1. The Hall–Kier alpha value is -3.32. The number of hydrogen-bond donors (Lipinski definition) is 0. The van der Waals surface area contributed by atoms with Gasteiger partial charge in [0.25, 0.3) is 0 Å². The highest BCUT2D eigenvalue weighted by Gasteiger charge is 2.74. The highest BCUT2D eigenvalue weighted by atomic mass is 35.5. The van der Waals surface area contributed by atoms with Crippen LogP contribution in [0.4, 0.5) is 5.69 Å². The summed E-state index contributed by atoms with van der Waals surface area (Å²) in [5.41, 5.74) is -1.01. The number of nitrogens with zero attached hydrogens (tertiary/aromatic N) is 1. The summed E-state index contributed by atoms with van der Waals surface area (Å²) in [6, 6.07) is 19.6. The fourth-order valence-electron chi connectivity index (χ4n) is 5.36. The second kappa shape index (κ2) is 7.34. The molecule has 0 bridgehead atoms. The lowest BCUT2D eigenvalue weighted by molar-refractivity contribution is -0.127. The normalized spacial score (nSPS) is 24.8. The Morgan fingerprint density at radius 1 is 0.765 bits per heavy atom. The molecule has 2 fully saturated rings. The molecule has 2 saturated heterocycles. The summed E-state index contributed by atoms with van der Waals surface area (Å²) in [5.74, 6) is -4.90. The number of ether oxygens (including phenoxy) is 1. The van der Waals surface area contributed by atoms with Crippen molar-refractivity contribution in [2.24, 2.45) is 11.8 Å². The molecule has 6 rings (SSSR count). The molecule has 0 saturated carbocycles. The van der Waals surface area contributed by atoms with Gasteiger partial charge in [0, 0.05) is 16.1 Å². The Balaban J connectivity index is 1.56. The lowest BCUT2D eigenvalue weighted by atomic mass is 9.77. The van der Waals surface area contributed by atoms with E-state index in [0.29, 0.717) is 10.6 Å². The van der Waals surface area contributed by atoms with E-state index >= 15 is 0 Å². The van der Waals surface area contributed by atoms with Crippen LogP contribution in [0.15, 0.2) is 72.8 Å². The molecule has 2 amide bonds. The lowest BCUT2D eigenvalue weighted by Crippen LogP contribution is -2.51. The highest BCUT2D eigenvalue weighted by Crippen LogP contribution is 2.58. The number of fused-ring (bicyclic) bond motifs is 3. The summed E-state index contributed by atoms with van der Waals surface area (Å²) in [6.07, 6.45) is -0.971. The van der Waals surface area contributed by atoms with Crippen molar-refractivity contribution in [2.75, 3.05) is 4.90 Å². The van der Waals surface area contributed by atoms with Crippen LogP contribution in [0.5, 0.6) is 0 Å². The van der Waals surface area contributed by atoms with Crippen molar-refractivity contribution < 1.29 is 23.9 Å². The van der Waals surface area contributed by atoms with E-state index in [1.807, 2.05) is 0 Å². The minimum absolute atomic E-state index is 0.104. The third-order valence-electron chi connectivity index (χ3n) is 6.80. The standard InChI is InChI=1S/C26H15Cl2NO5/c27-14-10-11-18(17(28)12-14)29-24(32)19-20(25(29)33)26(34-21(19)13-6-2-1-3-7-13)22(30)15-8-4-5-9-16(15)23(26)31/h1-12,19-21H/t19-,20-,21-/m1/s1. The number of imide groups is 1. The van der Waals surface area contributed by atoms with Crippen LogP contribution in [0, 0.1) is 11.8 Å². The number of hydrogen-bond acceptors (Lipinski definition) is 5. The summed E-state index contributed by atoms with van der Waals surface area (Å²) in [7, 11) is 0. The molecule has 3 atom stereocenters. The summed E-state index contributed by atoms with van der Waals surface area (Å²) in [4.78, 5) is 55.9. The van der Waals surface area contributed by atoms with Crippen LogP contribution in [0.1, 0.15) is 32.4 Å². The van der Waals surface area contributed by atoms with Crippen LogP contribution in [-0.4, -0.2) is 29.0 Å². The maximum atomic E-state index is 13.8. The first-order chi connectivity index (χ1) is 16.4. The zero-order chi connectivity index (χ0) is 23.8. The Labute approximate surface area is 204 Å². The molecule has 3 aliphatic rings. The Bertz CT molecular complexity index is 1380. The number of carbonyl (C=O) groups excluding carboxylic acids is 4. The molecule has 1 aliphatic carbocycles. The van der Waals surface area contributed by atoms with Gasteiger partial charge >= 0.3 is 0 Å². The predicted molar refractivity (Wildman–Crippen MR) is 124 cm³/mol. The zero-order valence-corrected chi connectivity index (χ0v) is 18.9. The maximum absolute atomic E-state index is 13.8. The minimum atomic E-state index is -2.12. The van der Waals surface area contributed by atoms with Crippen molar-refractivity contribution in [3.63, 3.8) is 0 Å². The predicted octanol–water partition coefficient (Wildman–Crippen LogP) is 4.69. The SMILES string of the molecule is O=C1[C@H]2[C@@H](c3ccccc3)OC3(C(=O)c4ccccc4C3=O)[C@H]2C(=O)N1c1ccc(Cl)cc1Cl. The zero-order valence-electron chi connectivity index (χ0n) is 17.4. The molecule has 3 aromatic rings. The quantitative estimate of drug-likeness (QED) is 0.383. The molecule has 0 unspecified atom stereocenters. The monoisotopic (exact) mass is 491 g/mol. The summed E-state index contributed by atoms with van der Waals surface area (Å²) in [5, 5.41) is 0.444. The molecular weight excluding hydrogens is 477 g/mol. The second-order valence-corrected chi connectivity index (χ2v) is 9.34. The Morgan fingerprint density at radius 3 is 2.00 bits per heavy atom. The average molecular weight is 492 g/mol. The van der Waals surface area contributed by atoms with Gasteiger partial charge in [-0.2, -0.15) is 0 Å². The van der Waals surface area contributed by atoms with Gasteiger partial charge in [-0.05, 0) is 23.8 Å². The van der Waals surface area contributed by atoms with Crippen LogP contribution in [0.25, 0.3) is 0 Å². The van der Waals surface area contributed by atoms with Crippen LogP contribution in [0.2, 0.25) is 10.0 Å². The molecular formula is C26H15Cl2NO5. The van der Waals surface area contributed by atoms with Gasteiger partial charge < -0.3 is 4.74 Å². The van der Waals surface area contributed by atoms with Crippen molar-refractivity contribution in [3.05, 3.63) is 99.5 Å². The molecule has 6 nitrogen and oxygen atoms in total. The minimum Gasteiger partial charge on any atom is -0.349 e. The largest absolute Gasteiger partial charge is 0.349 e. The van der Waals surface area contributed by atoms with Gasteiger partial charge in [0.2, 0.25) is 29.0 Å². The van der Waals surface area contributed by atoms with Gasteiger partial charge in [-0.15, -0.1) is 0 Å². The fourth-order valence-corrected chi connectivity index (χ4v) is 5.85. The van der Waals surface area contributed by atoms with Crippen molar-refractivity contribution in [2.45, 2.75) is 11.7 Å². The number of Topliss-reactive ketones (excluding diaryl/α,β-unsaturated/α-hetero) is 2. The van der Waals surface area contributed by atoms with Gasteiger partial charge in [-0.1, -0.05) is 77.8 Å². The molecule has 168 valence electrons. The van der Waals surface area contributed by atoms with Gasteiger partial charge in [0.15, 0.2) is 0 Å². The van der Waals surface area contributed by atoms with E-state index in [1.165, 1.54) is 30.3 Å². The molecule has 0 aromatic heterocycles. The maximum Gasteiger partial charge on any atom is 0.241 e. The van der Waals surface area contributed by atoms with Crippen molar-refractivity contribution in [1.29, 1.82) is 0 Å². The number of amides is 2. The van der Waals surface area contributed by atoms with Crippen LogP contribution in [-0.2, 0) is 14.3 Å². The van der Waals surface area contributed by atoms with Crippen LogP contribution in [0.3, 0.4) is 0 Å². The van der Waals surface area contributed by atoms with E-state index in [0.717, 1.165) is 4.90 Å². The molecule has 2 heterocycles. The Morgan fingerprint density at radius 2 is 1.38 bits per heavy atom. The van der Waals surface area contributed by atoms with Crippen molar-refractivity contribution >= 4 is 52.3 Å². The van der Waals surface area contributed by atoms with E-state index in [9.17, 15) is 19.2 Å². The number of benzene rings is 3. The highest BCUT2D eigenvalue weighted by molar-refractivity contribution is 6.40. The first-order valence-corrected chi connectivity index (χ1v) is 11.4. The number of ketones is 2. The van der Waals surface area contributed by atoms with Gasteiger partial charge in [0.1, 0.15) is 0 Å². The van der Waals surface area contributed by atoms with E-state index in [4.69, 9.17) is 27.9 Å². The Kier molecular flexibility index (Phi) is 4.58. The lowest BCUT2D eigenvalue weighted by Gasteiger charge is -2.27. The molecule has 0 N–H and O–H groups in total. The summed E-state index contributed by atoms with van der Waals surface area (Å²) < 4.78 is 6.22. The molecule has 3 aromatic carbocycles. The summed E-state index contributed by atoms with van der Waals surface area (Å²) >= 11 is 12.3.